The summed E-state index contributed by atoms with van der Waals surface area (Å²) >= 11 is 1.72. The first kappa shape index (κ1) is 14.9. The molecule has 0 spiro atoms. The molecule has 0 aromatic carbocycles. The molecule has 0 radical (unpaired) electrons. The smallest absolute Gasteiger partial charge is 0.109 e. The van der Waals surface area contributed by atoms with Crippen LogP contribution < -0.4 is 5.32 Å². The maximum Gasteiger partial charge on any atom is 0.109 e. The summed E-state index contributed by atoms with van der Waals surface area (Å²) in [5, 5.41) is 6.84. The summed E-state index contributed by atoms with van der Waals surface area (Å²) in [7, 11) is 2.20. The highest BCUT2D eigenvalue weighted by Gasteiger charge is 2.29. The minimum absolute atomic E-state index is 0.201. The summed E-state index contributed by atoms with van der Waals surface area (Å²) in [6.45, 7) is 12.5. The lowest BCUT2D eigenvalue weighted by Crippen LogP contribution is -2.57. The summed E-state index contributed by atoms with van der Waals surface area (Å²) < 4.78 is 0. The van der Waals surface area contributed by atoms with E-state index < -0.39 is 0 Å². The number of rotatable bonds is 5. The van der Waals surface area contributed by atoms with Gasteiger partial charge in [-0.15, -0.1) is 11.3 Å². The molecule has 0 aliphatic carbocycles. The molecule has 1 saturated heterocycles. The van der Waals surface area contributed by atoms with Crippen molar-refractivity contribution in [2.45, 2.75) is 32.4 Å². The highest BCUT2D eigenvalue weighted by atomic mass is 32.1. The summed E-state index contributed by atoms with van der Waals surface area (Å²) in [5.74, 6) is 0. The maximum absolute atomic E-state index is 4.38. The van der Waals surface area contributed by atoms with Gasteiger partial charge in [-0.25, -0.2) is 4.98 Å². The minimum Gasteiger partial charge on any atom is -0.306 e. The van der Waals surface area contributed by atoms with E-state index >= 15 is 0 Å². The van der Waals surface area contributed by atoms with E-state index in [-0.39, 0.29) is 5.54 Å². The zero-order chi connectivity index (χ0) is 13.9. The van der Waals surface area contributed by atoms with Crippen LogP contribution in [0.2, 0.25) is 0 Å². The molecule has 1 N–H and O–H groups in total. The van der Waals surface area contributed by atoms with Crippen molar-refractivity contribution in [3.05, 3.63) is 16.6 Å². The lowest BCUT2D eigenvalue weighted by atomic mass is 10.0. The number of likely N-dealkylation sites (N-methyl/N-ethyl adjacent to an activating group) is 1. The zero-order valence-electron chi connectivity index (χ0n) is 12.5. The van der Waals surface area contributed by atoms with E-state index in [1.165, 1.54) is 18.1 Å². The molecule has 2 heterocycles. The molecular formula is C14H26N4S. The minimum atomic E-state index is 0.201. The van der Waals surface area contributed by atoms with Crippen molar-refractivity contribution >= 4 is 11.3 Å². The van der Waals surface area contributed by atoms with E-state index in [1.54, 1.807) is 11.3 Å². The SMILES string of the molecule is CC(NCC(C)(C)N1CCN(C)CC1)c1nccs1. The second-order valence-electron chi connectivity index (χ2n) is 6.08. The summed E-state index contributed by atoms with van der Waals surface area (Å²) in [6.07, 6.45) is 1.88. The van der Waals surface area contributed by atoms with Gasteiger partial charge in [0.1, 0.15) is 5.01 Å². The molecule has 2 rings (SSSR count). The molecule has 1 aliphatic heterocycles. The Morgan fingerprint density at radius 3 is 2.63 bits per heavy atom. The van der Waals surface area contributed by atoms with E-state index in [0.29, 0.717) is 6.04 Å². The molecule has 0 amide bonds. The van der Waals surface area contributed by atoms with Crippen LogP contribution in [0.15, 0.2) is 11.6 Å². The van der Waals surface area contributed by atoms with Crippen LogP contribution in [0.25, 0.3) is 0 Å². The van der Waals surface area contributed by atoms with Crippen LogP contribution in [-0.2, 0) is 0 Å². The van der Waals surface area contributed by atoms with Gasteiger partial charge in [0.25, 0.3) is 0 Å². The highest BCUT2D eigenvalue weighted by molar-refractivity contribution is 7.09. The van der Waals surface area contributed by atoms with Gasteiger partial charge in [-0.3, -0.25) is 4.90 Å². The van der Waals surface area contributed by atoms with E-state index in [1.807, 2.05) is 11.6 Å². The van der Waals surface area contributed by atoms with Gasteiger partial charge in [0, 0.05) is 49.8 Å². The number of hydrogen-bond donors (Lipinski definition) is 1. The van der Waals surface area contributed by atoms with Gasteiger partial charge in [-0.05, 0) is 27.8 Å². The summed E-state index contributed by atoms with van der Waals surface area (Å²) in [5.41, 5.74) is 0.201. The van der Waals surface area contributed by atoms with Gasteiger partial charge in [0.2, 0.25) is 0 Å². The number of thiazole rings is 1. The second-order valence-corrected chi connectivity index (χ2v) is 7.00. The fraction of sp³-hybridized carbons (Fsp3) is 0.786. The van der Waals surface area contributed by atoms with Crippen LogP contribution in [0.4, 0.5) is 0 Å². The Kier molecular flexibility index (Phi) is 4.95. The van der Waals surface area contributed by atoms with Crippen molar-refractivity contribution in [3.63, 3.8) is 0 Å². The van der Waals surface area contributed by atoms with Crippen LogP contribution in [0, 0.1) is 0 Å². The average molecular weight is 282 g/mol. The Morgan fingerprint density at radius 1 is 1.37 bits per heavy atom. The summed E-state index contributed by atoms with van der Waals surface area (Å²) in [6, 6.07) is 0.340. The number of piperazine rings is 1. The molecule has 4 nitrogen and oxygen atoms in total. The van der Waals surface area contributed by atoms with Crippen LogP contribution in [0.3, 0.4) is 0 Å². The average Bonchev–Trinajstić information content (AvgIpc) is 2.90. The molecule has 1 atom stereocenters. The fourth-order valence-corrected chi connectivity index (χ4v) is 3.13. The number of aromatic nitrogens is 1. The van der Waals surface area contributed by atoms with Crippen molar-refractivity contribution in [3.8, 4) is 0 Å². The van der Waals surface area contributed by atoms with Crippen molar-refractivity contribution < 1.29 is 0 Å². The third-order valence-corrected chi connectivity index (χ3v) is 4.98. The molecule has 5 heteroatoms. The largest absolute Gasteiger partial charge is 0.306 e. The van der Waals surface area contributed by atoms with Gasteiger partial charge in [0.15, 0.2) is 0 Å². The normalized spacial score (nSPS) is 20.6. The first-order chi connectivity index (χ1) is 8.99. The molecular weight excluding hydrogens is 256 g/mol. The van der Waals surface area contributed by atoms with E-state index in [2.05, 4.69) is 47.9 Å². The van der Waals surface area contributed by atoms with E-state index in [9.17, 15) is 0 Å². The molecule has 1 fully saturated rings. The zero-order valence-corrected chi connectivity index (χ0v) is 13.3. The first-order valence-corrected chi connectivity index (χ1v) is 7.93. The third kappa shape index (κ3) is 3.99. The second kappa shape index (κ2) is 6.31. The monoisotopic (exact) mass is 282 g/mol. The molecule has 19 heavy (non-hydrogen) atoms. The maximum atomic E-state index is 4.38. The molecule has 1 aromatic heterocycles. The quantitative estimate of drug-likeness (QED) is 0.893. The molecule has 1 aromatic rings. The van der Waals surface area contributed by atoms with Gasteiger partial charge >= 0.3 is 0 Å². The Balaban J connectivity index is 1.83. The predicted octanol–water partition coefficient (Wildman–Crippen LogP) is 1.82. The van der Waals surface area contributed by atoms with Crippen molar-refractivity contribution in [1.82, 2.24) is 20.1 Å². The van der Waals surface area contributed by atoms with Crippen molar-refractivity contribution in [2.75, 3.05) is 39.8 Å². The van der Waals surface area contributed by atoms with E-state index in [0.717, 1.165) is 19.6 Å². The Morgan fingerprint density at radius 2 is 2.05 bits per heavy atom. The van der Waals surface area contributed by atoms with Crippen LogP contribution in [0.1, 0.15) is 31.8 Å². The van der Waals surface area contributed by atoms with Crippen LogP contribution in [-0.4, -0.2) is 60.1 Å². The molecule has 0 saturated carbocycles. The Hall–Kier alpha value is -0.490. The van der Waals surface area contributed by atoms with Gasteiger partial charge < -0.3 is 10.2 Å². The highest BCUT2D eigenvalue weighted by Crippen LogP contribution is 2.19. The third-order valence-electron chi connectivity index (χ3n) is 4.02. The molecule has 1 aliphatic rings. The first-order valence-electron chi connectivity index (χ1n) is 7.05. The van der Waals surface area contributed by atoms with Crippen LogP contribution >= 0.6 is 11.3 Å². The number of hydrogen-bond acceptors (Lipinski definition) is 5. The molecule has 0 bridgehead atoms. The Labute approximate surface area is 120 Å². The molecule has 108 valence electrons. The lowest BCUT2D eigenvalue weighted by Gasteiger charge is -2.43. The number of nitrogens with one attached hydrogen (secondary N) is 1. The van der Waals surface area contributed by atoms with Crippen LogP contribution in [0.5, 0.6) is 0 Å². The van der Waals surface area contributed by atoms with Gasteiger partial charge in [-0.1, -0.05) is 0 Å². The lowest BCUT2D eigenvalue weighted by molar-refractivity contribution is 0.0605. The summed E-state index contributed by atoms with van der Waals surface area (Å²) in [4.78, 5) is 9.37. The van der Waals surface area contributed by atoms with Gasteiger partial charge in [0.05, 0.1) is 6.04 Å². The van der Waals surface area contributed by atoms with E-state index in [4.69, 9.17) is 0 Å². The topological polar surface area (TPSA) is 31.4 Å². The standard InChI is InChI=1S/C14H26N4S/c1-12(13-15-5-10-19-13)16-11-14(2,3)18-8-6-17(4)7-9-18/h5,10,12,16H,6-9,11H2,1-4H3. The fourth-order valence-electron chi connectivity index (χ4n) is 2.46. The van der Waals surface area contributed by atoms with Crippen molar-refractivity contribution in [2.24, 2.45) is 0 Å². The van der Waals surface area contributed by atoms with Crippen molar-refractivity contribution in [1.29, 1.82) is 0 Å². The van der Waals surface area contributed by atoms with Gasteiger partial charge in [-0.2, -0.15) is 0 Å². The molecule has 1 unspecified atom stereocenters. The predicted molar refractivity (Wildman–Crippen MR) is 81.7 cm³/mol. The Bertz CT molecular complexity index is 369. The number of nitrogens with zero attached hydrogens (tertiary/aromatic N) is 3.